The number of aliphatic hydroxyl groups is 2. The molecule has 5 atom stereocenters. The molecule has 5 nitrogen and oxygen atoms in total. The van der Waals surface area contributed by atoms with Gasteiger partial charge in [-0.2, -0.15) is 0 Å². The largest absolute Gasteiger partial charge is 0.496 e. The zero-order chi connectivity index (χ0) is 19.4. The quantitative estimate of drug-likeness (QED) is 0.808. The van der Waals surface area contributed by atoms with Gasteiger partial charge in [0.15, 0.2) is 5.60 Å². The van der Waals surface area contributed by atoms with Crippen molar-refractivity contribution in [3.05, 3.63) is 28.8 Å². The van der Waals surface area contributed by atoms with Crippen LogP contribution >= 0.6 is 0 Å². The highest BCUT2D eigenvalue weighted by Gasteiger charge is 2.69. The highest BCUT2D eigenvalue weighted by Crippen LogP contribution is 2.67. The molecule has 2 aliphatic rings. The van der Waals surface area contributed by atoms with E-state index in [1.807, 2.05) is 19.9 Å². The van der Waals surface area contributed by atoms with Gasteiger partial charge in [-0.3, -0.25) is 0 Å². The number of carbonyl (C=O) groups is 1. The monoisotopic (exact) mass is 362 g/mol. The zero-order valence-electron chi connectivity index (χ0n) is 16.5. The first kappa shape index (κ1) is 19.2. The van der Waals surface area contributed by atoms with Crippen molar-refractivity contribution >= 4 is 5.97 Å². The van der Waals surface area contributed by atoms with Crippen LogP contribution in [0.25, 0.3) is 0 Å². The molecule has 1 aromatic rings. The molecule has 0 saturated heterocycles. The van der Waals surface area contributed by atoms with Crippen molar-refractivity contribution in [3.63, 3.8) is 0 Å². The number of aryl methyl sites for hydroxylation is 1. The number of esters is 1. The third kappa shape index (κ3) is 2.26. The fourth-order valence-corrected chi connectivity index (χ4v) is 5.51. The molecule has 0 unspecified atom stereocenters. The van der Waals surface area contributed by atoms with Crippen LogP contribution in [0.3, 0.4) is 0 Å². The normalized spacial score (nSPS) is 35.8. The number of rotatable bonds is 3. The Hall–Kier alpha value is -1.59. The molecule has 2 N–H and O–H groups in total. The third-order valence-electron chi connectivity index (χ3n) is 6.88. The van der Waals surface area contributed by atoms with E-state index in [0.29, 0.717) is 29.6 Å². The van der Waals surface area contributed by atoms with Crippen LogP contribution in [0, 0.1) is 24.2 Å². The highest BCUT2D eigenvalue weighted by atomic mass is 16.5. The summed E-state index contributed by atoms with van der Waals surface area (Å²) < 4.78 is 10.5. The molecule has 0 bridgehead atoms. The Bertz CT molecular complexity index is 727. The summed E-state index contributed by atoms with van der Waals surface area (Å²) in [5.41, 5.74) is -0.276. The molecule has 2 aliphatic carbocycles. The summed E-state index contributed by atoms with van der Waals surface area (Å²) in [5.74, 6) is 0.354. The van der Waals surface area contributed by atoms with Crippen LogP contribution in [0.5, 0.6) is 5.75 Å². The molecule has 1 aromatic carbocycles. The van der Waals surface area contributed by atoms with Gasteiger partial charge < -0.3 is 19.7 Å². The van der Waals surface area contributed by atoms with E-state index < -0.39 is 23.1 Å². The maximum Gasteiger partial charge on any atom is 0.341 e. The molecule has 0 heterocycles. The van der Waals surface area contributed by atoms with E-state index in [0.717, 1.165) is 17.5 Å². The van der Waals surface area contributed by atoms with Gasteiger partial charge in [0.05, 0.1) is 14.2 Å². The summed E-state index contributed by atoms with van der Waals surface area (Å²) in [5, 5.41) is 22.8. The molecule has 5 heteroatoms. The zero-order valence-corrected chi connectivity index (χ0v) is 16.5. The van der Waals surface area contributed by atoms with Crippen molar-refractivity contribution in [2.45, 2.75) is 58.2 Å². The molecular formula is C21H30O5. The Morgan fingerprint density at radius 3 is 2.50 bits per heavy atom. The molecule has 0 aromatic heterocycles. The SMILES string of the molecule is COC(=O)[C@]1(O)[C@@H](O)c2c(OC)cc(C)cc2[C@H]2[C@@H](C(C)C)CC[C@]21C. The first-order valence-corrected chi connectivity index (χ1v) is 9.30. The van der Waals surface area contributed by atoms with Gasteiger partial charge in [-0.05, 0) is 54.7 Å². The Kier molecular flexibility index (Phi) is 4.60. The number of aliphatic hydroxyl groups excluding tert-OH is 1. The second-order valence-corrected chi connectivity index (χ2v) is 8.47. The van der Waals surface area contributed by atoms with Gasteiger partial charge in [-0.15, -0.1) is 0 Å². The fraction of sp³-hybridized carbons (Fsp3) is 0.667. The van der Waals surface area contributed by atoms with E-state index in [1.54, 1.807) is 7.11 Å². The summed E-state index contributed by atoms with van der Waals surface area (Å²) >= 11 is 0. The van der Waals surface area contributed by atoms with Crippen LogP contribution in [-0.2, 0) is 9.53 Å². The summed E-state index contributed by atoms with van der Waals surface area (Å²) in [6.07, 6.45) is 0.145. The first-order chi connectivity index (χ1) is 12.1. The lowest BCUT2D eigenvalue weighted by Gasteiger charge is -2.52. The van der Waals surface area contributed by atoms with E-state index >= 15 is 0 Å². The molecule has 144 valence electrons. The van der Waals surface area contributed by atoms with E-state index in [-0.39, 0.29) is 5.92 Å². The van der Waals surface area contributed by atoms with Gasteiger partial charge in [-0.25, -0.2) is 4.79 Å². The van der Waals surface area contributed by atoms with Gasteiger partial charge >= 0.3 is 5.97 Å². The minimum Gasteiger partial charge on any atom is -0.496 e. The number of hydrogen-bond donors (Lipinski definition) is 2. The molecular weight excluding hydrogens is 332 g/mol. The summed E-state index contributed by atoms with van der Waals surface area (Å²) in [7, 11) is 2.80. The Balaban J connectivity index is 2.36. The van der Waals surface area contributed by atoms with Crippen molar-refractivity contribution < 1.29 is 24.5 Å². The topological polar surface area (TPSA) is 76.0 Å². The molecule has 3 rings (SSSR count). The predicted molar refractivity (Wildman–Crippen MR) is 98.1 cm³/mol. The minimum absolute atomic E-state index is 0.0567. The van der Waals surface area contributed by atoms with Gasteiger partial charge in [0.2, 0.25) is 0 Å². The van der Waals surface area contributed by atoms with E-state index in [2.05, 4.69) is 19.9 Å². The summed E-state index contributed by atoms with van der Waals surface area (Å²) in [6, 6.07) is 3.91. The van der Waals surface area contributed by atoms with E-state index in [9.17, 15) is 15.0 Å². The molecule has 0 radical (unpaired) electrons. The van der Waals surface area contributed by atoms with Crippen LogP contribution in [-0.4, -0.2) is 36.0 Å². The second kappa shape index (κ2) is 6.24. The van der Waals surface area contributed by atoms with Gasteiger partial charge in [0, 0.05) is 11.0 Å². The number of methoxy groups -OCH3 is 2. The van der Waals surface area contributed by atoms with E-state index in [4.69, 9.17) is 9.47 Å². The maximum absolute atomic E-state index is 12.7. The van der Waals surface area contributed by atoms with Crippen LogP contribution in [0.2, 0.25) is 0 Å². The fourth-order valence-electron chi connectivity index (χ4n) is 5.51. The van der Waals surface area contributed by atoms with Crippen LogP contribution < -0.4 is 4.74 Å². The molecule has 0 spiro atoms. The second-order valence-electron chi connectivity index (χ2n) is 8.47. The van der Waals surface area contributed by atoms with Crippen LogP contribution in [0.4, 0.5) is 0 Å². The van der Waals surface area contributed by atoms with Crippen LogP contribution in [0.1, 0.15) is 62.3 Å². The van der Waals surface area contributed by atoms with E-state index in [1.165, 1.54) is 7.11 Å². The molecule has 1 fully saturated rings. The van der Waals surface area contributed by atoms with Crippen molar-refractivity contribution in [2.75, 3.05) is 14.2 Å². The van der Waals surface area contributed by atoms with Crippen LogP contribution in [0.15, 0.2) is 12.1 Å². The average Bonchev–Trinajstić information content (AvgIpc) is 2.97. The maximum atomic E-state index is 12.7. The molecule has 26 heavy (non-hydrogen) atoms. The Morgan fingerprint density at radius 1 is 1.31 bits per heavy atom. The smallest absolute Gasteiger partial charge is 0.341 e. The highest BCUT2D eigenvalue weighted by molar-refractivity contribution is 5.83. The lowest BCUT2D eigenvalue weighted by Crippen LogP contribution is -2.61. The molecule has 0 amide bonds. The first-order valence-electron chi connectivity index (χ1n) is 9.30. The number of carbonyl (C=O) groups excluding carboxylic acids is 1. The van der Waals surface area contributed by atoms with Crippen molar-refractivity contribution in [1.82, 2.24) is 0 Å². The van der Waals surface area contributed by atoms with Crippen molar-refractivity contribution in [3.8, 4) is 5.75 Å². The van der Waals surface area contributed by atoms with Crippen molar-refractivity contribution in [2.24, 2.45) is 17.3 Å². The minimum atomic E-state index is -2.01. The Labute approximate surface area is 155 Å². The van der Waals surface area contributed by atoms with Gasteiger partial charge in [0.1, 0.15) is 11.9 Å². The number of ether oxygens (including phenoxy) is 2. The average molecular weight is 362 g/mol. The lowest BCUT2D eigenvalue weighted by atomic mass is 9.54. The summed E-state index contributed by atoms with van der Waals surface area (Å²) in [4.78, 5) is 12.7. The third-order valence-corrected chi connectivity index (χ3v) is 6.88. The molecule has 0 aliphatic heterocycles. The van der Waals surface area contributed by atoms with Gasteiger partial charge in [-0.1, -0.05) is 26.8 Å². The lowest BCUT2D eigenvalue weighted by molar-refractivity contribution is -0.208. The predicted octanol–water partition coefficient (Wildman–Crippen LogP) is 3.11. The number of hydrogen-bond acceptors (Lipinski definition) is 5. The molecule has 1 saturated carbocycles. The Morgan fingerprint density at radius 2 is 1.96 bits per heavy atom. The van der Waals surface area contributed by atoms with Crippen molar-refractivity contribution in [1.29, 1.82) is 0 Å². The summed E-state index contributed by atoms with van der Waals surface area (Å²) in [6.45, 7) is 8.25. The number of fused-ring (bicyclic) bond motifs is 3. The number of benzene rings is 1. The van der Waals surface area contributed by atoms with Gasteiger partial charge in [0.25, 0.3) is 0 Å². The standard InChI is InChI=1S/C21H30O5/c1-11(2)13-7-8-20(4)17(13)14-9-12(3)10-15(25-5)16(14)18(22)21(20,24)19(23)26-6/h9-11,13,17-18,22,24H,7-8H2,1-6H3/t13-,17-,18+,20-,21-/m1/s1.